The Balaban J connectivity index is 2.67. The van der Waals surface area contributed by atoms with Crippen LogP contribution in [-0.4, -0.2) is 11.6 Å². The first-order chi connectivity index (χ1) is 11.2. The van der Waals surface area contributed by atoms with Gasteiger partial charge < -0.3 is 5.73 Å². The maximum Gasteiger partial charge on any atom is 0.162 e. The van der Waals surface area contributed by atoms with Crippen LogP contribution >= 0.6 is 46.4 Å². The fraction of sp³-hybridized carbons (Fsp3) is 0.176. The zero-order valence-corrected chi connectivity index (χ0v) is 16.0. The number of nitrogens with two attached hydrogens (primary N) is 1. The van der Waals surface area contributed by atoms with E-state index in [4.69, 9.17) is 52.1 Å². The van der Waals surface area contributed by atoms with Crippen LogP contribution in [0.5, 0.6) is 0 Å². The smallest absolute Gasteiger partial charge is 0.162 e. The fourth-order valence-corrected chi connectivity index (χ4v) is 3.27. The van der Waals surface area contributed by atoms with Gasteiger partial charge in [-0.05, 0) is 32.4 Å². The molecular weight excluding hydrogens is 390 g/mol. The second-order valence-corrected chi connectivity index (χ2v) is 6.78. The maximum atomic E-state index is 12.0. The molecule has 126 valence electrons. The molecule has 0 unspecified atom stereocenters. The first kappa shape index (κ1) is 19.1. The number of ketones is 1. The van der Waals surface area contributed by atoms with Crippen LogP contribution in [0.3, 0.4) is 0 Å². The number of nitrogens with zero attached hydrogens (tertiary/aromatic N) is 1. The summed E-state index contributed by atoms with van der Waals surface area (Å²) in [4.78, 5) is 16.3. The molecule has 0 spiro atoms. The highest BCUT2D eigenvalue weighted by Crippen LogP contribution is 2.41. The fourth-order valence-electron chi connectivity index (χ4n) is 2.19. The van der Waals surface area contributed by atoms with E-state index in [1.165, 1.54) is 12.5 Å². The third kappa shape index (κ3) is 3.86. The molecule has 0 radical (unpaired) electrons. The number of allylic oxidation sites excluding steroid dienone is 5. The molecule has 7 heteroatoms. The number of benzene rings is 1. The predicted molar refractivity (Wildman–Crippen MR) is 103 cm³/mol. The zero-order chi connectivity index (χ0) is 18.0. The number of carbonyl (C=O) groups is 1. The molecule has 2 N–H and O–H groups in total. The van der Waals surface area contributed by atoms with E-state index in [1.807, 2.05) is 31.2 Å². The van der Waals surface area contributed by atoms with Crippen LogP contribution in [0, 0.1) is 0 Å². The van der Waals surface area contributed by atoms with E-state index in [1.54, 1.807) is 0 Å². The Morgan fingerprint density at radius 2 is 1.62 bits per heavy atom. The van der Waals surface area contributed by atoms with E-state index < -0.39 is 0 Å². The topological polar surface area (TPSA) is 55.5 Å². The van der Waals surface area contributed by atoms with Gasteiger partial charge in [-0.3, -0.25) is 4.79 Å². The first-order valence-electron chi connectivity index (χ1n) is 6.99. The molecule has 0 amide bonds. The summed E-state index contributed by atoms with van der Waals surface area (Å²) in [6.07, 6.45) is 8.40. The summed E-state index contributed by atoms with van der Waals surface area (Å²) in [7, 11) is 0. The number of halogens is 4. The number of hydrogen-bond acceptors (Lipinski definition) is 2. The average molecular weight is 404 g/mol. The Labute approximate surface area is 160 Å². The molecule has 0 aromatic heterocycles. The second kappa shape index (κ2) is 7.75. The lowest BCUT2D eigenvalue weighted by Crippen LogP contribution is -2.19. The Bertz CT molecular complexity index is 836. The second-order valence-electron chi connectivity index (χ2n) is 5.27. The van der Waals surface area contributed by atoms with Gasteiger partial charge in [0.25, 0.3) is 0 Å². The van der Waals surface area contributed by atoms with Crippen molar-refractivity contribution in [3.05, 3.63) is 66.8 Å². The van der Waals surface area contributed by atoms with Gasteiger partial charge in [0, 0.05) is 11.1 Å². The molecule has 0 fully saturated rings. The number of hydrogen-bond donors (Lipinski definition) is 1. The summed E-state index contributed by atoms with van der Waals surface area (Å²) in [5.41, 5.74) is 8.19. The van der Waals surface area contributed by atoms with Crippen LogP contribution in [0.4, 0.5) is 0 Å². The summed E-state index contributed by atoms with van der Waals surface area (Å²) >= 11 is 24.5. The molecule has 1 aromatic rings. The van der Waals surface area contributed by atoms with Gasteiger partial charge in [-0.15, -0.1) is 0 Å². The first-order valence-corrected chi connectivity index (χ1v) is 8.50. The van der Waals surface area contributed by atoms with Crippen molar-refractivity contribution in [1.82, 2.24) is 0 Å². The van der Waals surface area contributed by atoms with Crippen LogP contribution in [-0.2, 0) is 0 Å². The predicted octanol–water partition coefficient (Wildman–Crippen LogP) is 6.00. The third-order valence-corrected chi connectivity index (χ3v) is 5.19. The van der Waals surface area contributed by atoms with Crippen LogP contribution in [0.15, 0.2) is 40.6 Å². The Morgan fingerprint density at radius 1 is 1.04 bits per heavy atom. The van der Waals surface area contributed by atoms with Gasteiger partial charge in [-0.2, -0.15) is 0 Å². The molecule has 0 saturated heterocycles. The van der Waals surface area contributed by atoms with Gasteiger partial charge in [0.2, 0.25) is 0 Å². The van der Waals surface area contributed by atoms with E-state index >= 15 is 0 Å². The van der Waals surface area contributed by atoms with E-state index in [0.29, 0.717) is 5.70 Å². The summed E-state index contributed by atoms with van der Waals surface area (Å²) in [6.45, 7) is 3.36. The van der Waals surface area contributed by atoms with E-state index in [0.717, 1.165) is 6.42 Å². The van der Waals surface area contributed by atoms with Crippen molar-refractivity contribution in [3.63, 3.8) is 0 Å². The van der Waals surface area contributed by atoms with Gasteiger partial charge in [-0.25, -0.2) is 4.99 Å². The summed E-state index contributed by atoms with van der Waals surface area (Å²) in [6, 6.07) is 0. The van der Waals surface area contributed by atoms with Gasteiger partial charge in [-0.1, -0.05) is 64.1 Å². The monoisotopic (exact) mass is 402 g/mol. The number of amidine groups is 1. The van der Waals surface area contributed by atoms with E-state index in [-0.39, 0.29) is 42.8 Å². The standard InChI is InChI=1S/C17H14Cl4N2O/c1-8-4-3-5-10(7-6-8)23-17(22)12-11(9(2)24)13(18)15(20)16(21)14(12)19/h3,5-7H,4H2,1-2H3,(H2,22,23). The normalized spacial score (nSPS) is 15.0. The molecule has 0 saturated carbocycles. The molecule has 24 heavy (non-hydrogen) atoms. The molecule has 2 rings (SSSR count). The van der Waals surface area contributed by atoms with E-state index in [2.05, 4.69) is 4.99 Å². The van der Waals surface area contributed by atoms with Crippen LogP contribution in [0.2, 0.25) is 20.1 Å². The van der Waals surface area contributed by atoms with Crippen molar-refractivity contribution < 1.29 is 4.79 Å². The SMILES string of the molecule is CC(=O)c1c(Cl)c(Cl)c(Cl)c(Cl)c1C(N)=NC1=CC=C(C)CC=C1. The molecule has 3 nitrogen and oxygen atoms in total. The van der Waals surface area contributed by atoms with Crippen molar-refractivity contribution in [3.8, 4) is 0 Å². The molecular formula is C17H14Cl4N2O. The molecule has 1 aromatic carbocycles. The quantitative estimate of drug-likeness (QED) is 0.221. The van der Waals surface area contributed by atoms with E-state index in [9.17, 15) is 4.79 Å². The summed E-state index contributed by atoms with van der Waals surface area (Å²) in [5.74, 6) is -0.302. The molecule has 1 aliphatic rings. The molecule has 0 bridgehead atoms. The largest absolute Gasteiger partial charge is 0.383 e. The minimum atomic E-state index is -0.338. The summed E-state index contributed by atoms with van der Waals surface area (Å²) < 4.78 is 0. The van der Waals surface area contributed by atoms with Crippen molar-refractivity contribution in [1.29, 1.82) is 0 Å². The van der Waals surface area contributed by atoms with Gasteiger partial charge >= 0.3 is 0 Å². The van der Waals surface area contributed by atoms with Crippen LogP contribution in [0.1, 0.15) is 36.2 Å². The number of carbonyl (C=O) groups excluding carboxylic acids is 1. The highest BCUT2D eigenvalue weighted by Gasteiger charge is 2.25. The third-order valence-electron chi connectivity index (χ3n) is 3.39. The Hall–Kier alpha value is -1.26. The summed E-state index contributed by atoms with van der Waals surface area (Å²) in [5, 5.41) is 0.0927. The lowest BCUT2D eigenvalue weighted by molar-refractivity contribution is 0.101. The molecule has 0 aliphatic heterocycles. The van der Waals surface area contributed by atoms with Crippen LogP contribution < -0.4 is 5.73 Å². The lowest BCUT2D eigenvalue weighted by atomic mass is 10.0. The number of Topliss-reactive ketones (excluding diaryl/α,β-unsaturated/α-hetero) is 1. The minimum absolute atomic E-state index is 0.00726. The van der Waals surface area contributed by atoms with Gasteiger partial charge in [0.1, 0.15) is 5.84 Å². The molecule has 1 aliphatic carbocycles. The zero-order valence-electron chi connectivity index (χ0n) is 13.0. The van der Waals surface area contributed by atoms with Gasteiger partial charge in [0.05, 0.1) is 25.8 Å². The Morgan fingerprint density at radius 3 is 2.21 bits per heavy atom. The highest BCUT2D eigenvalue weighted by molar-refractivity contribution is 6.54. The number of rotatable bonds is 3. The minimum Gasteiger partial charge on any atom is -0.383 e. The van der Waals surface area contributed by atoms with Crippen molar-refractivity contribution >= 4 is 58.0 Å². The van der Waals surface area contributed by atoms with Crippen molar-refractivity contribution in [2.45, 2.75) is 20.3 Å². The lowest BCUT2D eigenvalue weighted by Gasteiger charge is -2.14. The number of aliphatic imine (C=N–C) groups is 1. The highest BCUT2D eigenvalue weighted by atomic mass is 35.5. The van der Waals surface area contributed by atoms with Crippen molar-refractivity contribution in [2.75, 3.05) is 0 Å². The Kier molecular flexibility index (Phi) is 6.16. The van der Waals surface area contributed by atoms with Crippen LogP contribution in [0.25, 0.3) is 0 Å². The maximum absolute atomic E-state index is 12.0. The van der Waals surface area contributed by atoms with Gasteiger partial charge in [0.15, 0.2) is 5.78 Å². The van der Waals surface area contributed by atoms with Crippen molar-refractivity contribution in [2.24, 2.45) is 10.7 Å². The molecule has 0 atom stereocenters. The average Bonchev–Trinajstić information content (AvgIpc) is 2.72. The molecule has 0 heterocycles.